The first-order chi connectivity index (χ1) is 9.10. The maximum atomic E-state index is 12.1. The third kappa shape index (κ3) is 3.80. The van der Waals surface area contributed by atoms with Gasteiger partial charge in [-0.3, -0.25) is 4.79 Å². The van der Waals surface area contributed by atoms with Gasteiger partial charge in [0.2, 0.25) is 0 Å². The molecule has 1 aliphatic carbocycles. The number of phenols is 1. The number of thioether (sulfide) groups is 1. The summed E-state index contributed by atoms with van der Waals surface area (Å²) in [5, 5.41) is 13.4. The largest absolute Gasteiger partial charge is 0.508 e. The molecule has 2 atom stereocenters. The van der Waals surface area contributed by atoms with Gasteiger partial charge in [0.1, 0.15) is 5.75 Å². The van der Waals surface area contributed by atoms with Gasteiger partial charge in [-0.15, -0.1) is 0 Å². The fraction of sp³-hybridized carbons (Fsp3) is 0.500. The maximum absolute atomic E-state index is 12.1. The second-order valence-corrected chi connectivity index (χ2v) is 6.71. The van der Waals surface area contributed by atoms with Gasteiger partial charge in [-0.25, -0.2) is 0 Å². The highest BCUT2D eigenvalue weighted by atomic mass is 35.5. The summed E-state index contributed by atoms with van der Waals surface area (Å²) in [6, 6.07) is 4.64. The smallest absolute Gasteiger partial charge is 0.253 e. The quantitative estimate of drug-likeness (QED) is 0.895. The van der Waals surface area contributed by atoms with Crippen molar-refractivity contribution >= 4 is 29.3 Å². The predicted molar refractivity (Wildman–Crippen MR) is 80.1 cm³/mol. The van der Waals surface area contributed by atoms with Crippen molar-refractivity contribution in [1.82, 2.24) is 5.32 Å². The number of hydrogen-bond acceptors (Lipinski definition) is 3. The zero-order valence-corrected chi connectivity index (χ0v) is 12.4. The average Bonchev–Trinajstić information content (AvgIpc) is 2.80. The second-order valence-electron chi connectivity index (χ2n) is 4.72. The summed E-state index contributed by atoms with van der Waals surface area (Å²) in [7, 11) is 0. The van der Waals surface area contributed by atoms with E-state index in [1.807, 2.05) is 11.8 Å². The van der Waals surface area contributed by atoms with Gasteiger partial charge in [-0.1, -0.05) is 18.5 Å². The minimum absolute atomic E-state index is 0.0559. The average molecular weight is 300 g/mol. The molecule has 104 valence electrons. The Morgan fingerprint density at radius 2 is 2.32 bits per heavy atom. The van der Waals surface area contributed by atoms with E-state index in [9.17, 15) is 9.90 Å². The van der Waals surface area contributed by atoms with Crippen molar-refractivity contribution in [2.75, 3.05) is 5.75 Å². The summed E-state index contributed by atoms with van der Waals surface area (Å²) < 4.78 is 0. The number of carbonyl (C=O) groups is 1. The van der Waals surface area contributed by atoms with E-state index in [1.54, 1.807) is 0 Å². The summed E-state index contributed by atoms with van der Waals surface area (Å²) in [6.07, 6.45) is 3.18. The molecule has 1 amide bonds. The molecule has 19 heavy (non-hydrogen) atoms. The van der Waals surface area contributed by atoms with Gasteiger partial charge in [0.05, 0.1) is 10.6 Å². The SMILES string of the molecule is CCSC1CCC(NC(=O)c2cc(O)ccc2Cl)C1. The van der Waals surface area contributed by atoms with Crippen molar-refractivity contribution < 1.29 is 9.90 Å². The number of phenolic OH excluding ortho intramolecular Hbond substituents is 1. The Balaban J connectivity index is 1.96. The Hall–Kier alpha value is -0.870. The summed E-state index contributed by atoms with van der Waals surface area (Å²) in [5.41, 5.74) is 0.341. The first-order valence-electron chi connectivity index (χ1n) is 6.51. The van der Waals surface area contributed by atoms with Gasteiger partial charge < -0.3 is 10.4 Å². The summed E-state index contributed by atoms with van der Waals surface area (Å²) >= 11 is 7.93. The zero-order chi connectivity index (χ0) is 13.8. The van der Waals surface area contributed by atoms with Crippen LogP contribution in [0.15, 0.2) is 18.2 Å². The summed E-state index contributed by atoms with van der Waals surface area (Å²) in [6.45, 7) is 2.16. The van der Waals surface area contributed by atoms with Gasteiger partial charge in [0.25, 0.3) is 5.91 Å². The number of nitrogens with one attached hydrogen (secondary N) is 1. The number of amides is 1. The molecule has 0 heterocycles. The van der Waals surface area contributed by atoms with E-state index < -0.39 is 0 Å². The van der Waals surface area contributed by atoms with E-state index in [2.05, 4.69) is 12.2 Å². The van der Waals surface area contributed by atoms with E-state index >= 15 is 0 Å². The molecule has 0 spiro atoms. The predicted octanol–water partition coefficient (Wildman–Crippen LogP) is 3.45. The second kappa shape index (κ2) is 6.53. The number of carbonyl (C=O) groups excluding carboxylic acids is 1. The standard InChI is InChI=1S/C14H18ClNO2S/c1-2-19-11-5-3-9(7-11)16-14(18)12-8-10(17)4-6-13(12)15/h4,6,8-9,11,17H,2-3,5,7H2,1H3,(H,16,18). The fourth-order valence-corrected chi connectivity index (χ4v) is 3.75. The normalized spacial score (nSPS) is 22.4. The number of halogens is 1. The van der Waals surface area contributed by atoms with Crippen LogP contribution in [0, 0.1) is 0 Å². The highest BCUT2D eigenvalue weighted by Crippen LogP contribution is 2.30. The maximum Gasteiger partial charge on any atom is 0.253 e. The first kappa shape index (κ1) is 14.5. The minimum Gasteiger partial charge on any atom is -0.508 e. The third-order valence-electron chi connectivity index (χ3n) is 3.32. The molecule has 2 N–H and O–H groups in total. The molecule has 1 saturated carbocycles. The van der Waals surface area contributed by atoms with Crippen LogP contribution in [0.3, 0.4) is 0 Å². The van der Waals surface area contributed by atoms with Crippen LogP contribution in [0.4, 0.5) is 0 Å². The molecule has 3 nitrogen and oxygen atoms in total. The van der Waals surface area contributed by atoms with Gasteiger partial charge in [0.15, 0.2) is 0 Å². The zero-order valence-electron chi connectivity index (χ0n) is 10.9. The molecule has 0 aliphatic heterocycles. The Kier molecular flexibility index (Phi) is 4.99. The Labute approximate surface area is 122 Å². The molecule has 2 rings (SSSR count). The van der Waals surface area contributed by atoms with Crippen LogP contribution in [0.25, 0.3) is 0 Å². The molecule has 1 aromatic rings. The summed E-state index contributed by atoms with van der Waals surface area (Å²) in [4.78, 5) is 12.1. The molecule has 2 unspecified atom stereocenters. The van der Waals surface area contributed by atoms with Crippen molar-refractivity contribution in [3.8, 4) is 5.75 Å². The van der Waals surface area contributed by atoms with Gasteiger partial charge >= 0.3 is 0 Å². The lowest BCUT2D eigenvalue weighted by molar-refractivity contribution is 0.0937. The molecule has 5 heteroatoms. The molecule has 0 saturated heterocycles. The molecular formula is C14H18ClNO2S. The molecule has 0 aromatic heterocycles. The molecule has 1 fully saturated rings. The van der Waals surface area contributed by atoms with E-state index in [0.717, 1.165) is 25.0 Å². The van der Waals surface area contributed by atoms with Crippen molar-refractivity contribution in [3.63, 3.8) is 0 Å². The highest BCUT2D eigenvalue weighted by Gasteiger charge is 2.26. The number of aromatic hydroxyl groups is 1. The first-order valence-corrected chi connectivity index (χ1v) is 7.93. The molecule has 1 aromatic carbocycles. The van der Waals surface area contributed by atoms with Gasteiger partial charge in [-0.05, 0) is 43.2 Å². The van der Waals surface area contributed by atoms with Crippen LogP contribution in [0.1, 0.15) is 36.5 Å². The van der Waals surface area contributed by atoms with Crippen molar-refractivity contribution in [1.29, 1.82) is 0 Å². The monoisotopic (exact) mass is 299 g/mol. The summed E-state index contributed by atoms with van der Waals surface area (Å²) in [5.74, 6) is 0.970. The Morgan fingerprint density at radius 1 is 1.53 bits per heavy atom. The lowest BCUT2D eigenvalue weighted by atomic mass is 10.1. The van der Waals surface area contributed by atoms with Gasteiger partial charge in [0, 0.05) is 11.3 Å². The lowest BCUT2D eigenvalue weighted by Gasteiger charge is -2.14. The van der Waals surface area contributed by atoms with Crippen molar-refractivity contribution in [3.05, 3.63) is 28.8 Å². The molecule has 1 aliphatic rings. The van der Waals surface area contributed by atoms with Gasteiger partial charge in [-0.2, -0.15) is 11.8 Å². The Bertz CT molecular complexity index is 467. The van der Waals surface area contributed by atoms with Crippen LogP contribution in [0.2, 0.25) is 5.02 Å². The number of hydrogen-bond donors (Lipinski definition) is 2. The molecule has 0 radical (unpaired) electrons. The highest BCUT2D eigenvalue weighted by molar-refractivity contribution is 7.99. The van der Waals surface area contributed by atoms with Crippen molar-refractivity contribution in [2.45, 2.75) is 37.5 Å². The van der Waals surface area contributed by atoms with E-state index in [0.29, 0.717) is 15.8 Å². The fourth-order valence-electron chi connectivity index (χ4n) is 2.41. The van der Waals surface area contributed by atoms with Crippen molar-refractivity contribution in [2.24, 2.45) is 0 Å². The molecular weight excluding hydrogens is 282 g/mol. The van der Waals surface area contributed by atoms with Crippen LogP contribution in [-0.4, -0.2) is 28.1 Å². The van der Waals surface area contributed by atoms with E-state index in [4.69, 9.17) is 11.6 Å². The topological polar surface area (TPSA) is 49.3 Å². The molecule has 0 bridgehead atoms. The van der Waals surface area contributed by atoms with Crippen LogP contribution in [0.5, 0.6) is 5.75 Å². The van der Waals surface area contributed by atoms with Crippen LogP contribution < -0.4 is 5.32 Å². The van der Waals surface area contributed by atoms with Crippen LogP contribution in [-0.2, 0) is 0 Å². The third-order valence-corrected chi connectivity index (χ3v) is 4.88. The Morgan fingerprint density at radius 3 is 3.05 bits per heavy atom. The van der Waals surface area contributed by atoms with E-state index in [1.165, 1.54) is 18.2 Å². The minimum atomic E-state index is -0.201. The lowest BCUT2D eigenvalue weighted by Crippen LogP contribution is -2.33. The number of benzene rings is 1. The number of rotatable bonds is 4. The van der Waals surface area contributed by atoms with E-state index in [-0.39, 0.29) is 17.7 Å². The van der Waals surface area contributed by atoms with Crippen LogP contribution >= 0.6 is 23.4 Å².